The van der Waals surface area contributed by atoms with Crippen LogP contribution < -0.4 is 5.22 Å². The molecule has 2 saturated carbocycles. The smallest absolute Gasteiger partial charge is 0.469 e. The van der Waals surface area contributed by atoms with E-state index in [0.29, 0.717) is 23.8 Å². The van der Waals surface area contributed by atoms with Gasteiger partial charge < -0.3 is 4.74 Å². The van der Waals surface area contributed by atoms with E-state index in [0.717, 1.165) is 38.9 Å². The van der Waals surface area contributed by atoms with E-state index in [4.69, 9.17) is 4.74 Å². The summed E-state index contributed by atoms with van der Waals surface area (Å²) in [7, 11) is -4.78. The molecule has 322 valence electrons. The number of sulfone groups is 1. The molecule has 2 fully saturated rings. The monoisotopic (exact) mass is 900 g/mol. The molecule has 0 amide bonds. The summed E-state index contributed by atoms with van der Waals surface area (Å²) < 4.78 is 118. The van der Waals surface area contributed by atoms with Gasteiger partial charge in [-0.1, -0.05) is 54.6 Å². The Balaban J connectivity index is 1.05. The molecule has 0 saturated heterocycles. The van der Waals surface area contributed by atoms with Crippen molar-refractivity contribution in [3.63, 3.8) is 0 Å². The zero-order valence-corrected chi connectivity index (χ0v) is 35.4. The van der Waals surface area contributed by atoms with Gasteiger partial charge in [-0.25, -0.2) is 8.42 Å². The minimum absolute atomic E-state index is 0.0243. The Morgan fingerprint density at radius 2 is 1.36 bits per heavy atom. The summed E-state index contributed by atoms with van der Waals surface area (Å²) in [6.45, 7) is 0. The molecule has 0 aromatic heterocycles. The third-order valence-electron chi connectivity index (χ3n) is 19.2. The minimum atomic E-state index is -6.07. The van der Waals surface area contributed by atoms with E-state index in [-0.39, 0.29) is 42.6 Å². The fraction of sp³-hybridized carbons (Fsp3) is 0.291. The number of halogens is 6. The van der Waals surface area contributed by atoms with Gasteiger partial charge in [-0.15, -0.1) is 0 Å². The molecule has 8 aliphatic rings. The predicted molar refractivity (Wildman–Crippen MR) is 240 cm³/mol. The van der Waals surface area contributed by atoms with E-state index in [2.05, 4.69) is 48.6 Å². The molecule has 0 heterocycles. The zero-order chi connectivity index (χ0) is 44.1. The fourth-order valence-electron chi connectivity index (χ4n) is 17.7. The average molecular weight is 901 g/mol. The van der Waals surface area contributed by atoms with Crippen LogP contribution in [0.1, 0.15) is 93.4 Å². The summed E-state index contributed by atoms with van der Waals surface area (Å²) in [4.78, 5) is 11.6. The Morgan fingerprint density at radius 1 is 0.682 bits per heavy atom. The number of allylic oxidation sites excluding steroid dienone is 3. The Morgan fingerprint density at radius 3 is 2.15 bits per heavy atom. The van der Waals surface area contributed by atoms with Gasteiger partial charge in [0.15, 0.2) is 0 Å². The lowest BCUT2D eigenvalue weighted by molar-refractivity contribution is -0.140. The van der Waals surface area contributed by atoms with Gasteiger partial charge in [0.1, 0.15) is 0 Å². The number of hydrogen-bond donors (Lipinski definition) is 0. The lowest BCUT2D eigenvalue weighted by Gasteiger charge is -2.37. The molecule has 18 rings (SSSR count). The molecule has 0 N–H and O–H groups in total. The van der Waals surface area contributed by atoms with E-state index < -0.39 is 61.6 Å². The number of rotatable bonds is 7. The van der Waals surface area contributed by atoms with Crippen LogP contribution in [0, 0.1) is 17.8 Å². The summed E-state index contributed by atoms with van der Waals surface area (Å²) in [5.74, 6) is 0.236. The Hall–Kier alpha value is -5.94. The van der Waals surface area contributed by atoms with Crippen molar-refractivity contribution in [1.29, 1.82) is 0 Å². The molecule has 66 heavy (non-hydrogen) atoms. The van der Waals surface area contributed by atoms with Gasteiger partial charge in [-0.05, 0) is 184 Å². The van der Waals surface area contributed by atoms with Gasteiger partial charge in [0.2, 0.25) is 0 Å². The number of carbonyl (C=O) groups excluding carboxylic acids is 1. The first-order valence-electron chi connectivity index (χ1n) is 23.0. The molecule has 0 spiro atoms. The molecule has 8 aliphatic carbocycles. The second-order valence-corrected chi connectivity index (χ2v) is 23.1. The molecule has 9 unspecified atom stereocenters. The zero-order valence-electron chi connectivity index (χ0n) is 34.6. The van der Waals surface area contributed by atoms with Crippen molar-refractivity contribution in [1.82, 2.24) is 0 Å². The van der Waals surface area contributed by atoms with Crippen molar-refractivity contribution >= 4 is 114 Å². The first-order valence-corrected chi connectivity index (χ1v) is 24.4. The fourth-order valence-corrected chi connectivity index (χ4v) is 18.5. The molecule has 0 radical (unpaired) electrons. The summed E-state index contributed by atoms with van der Waals surface area (Å²) >= 11 is 0. The van der Waals surface area contributed by atoms with Crippen LogP contribution in [-0.2, 0) is 31.2 Å². The Labute approximate surface area is 369 Å². The van der Waals surface area contributed by atoms with Crippen molar-refractivity contribution in [3.05, 3.63) is 110 Å². The summed E-state index contributed by atoms with van der Waals surface area (Å²) in [6.07, 6.45) is 3.67. The lowest BCUT2D eigenvalue weighted by Crippen LogP contribution is -2.31. The second kappa shape index (κ2) is 9.87. The second-order valence-electron chi connectivity index (χ2n) is 21.1. The molecule has 0 aliphatic heterocycles. The van der Waals surface area contributed by atoms with Crippen molar-refractivity contribution in [2.45, 2.75) is 77.3 Å². The number of carbonyl (C=O) groups is 1. The van der Waals surface area contributed by atoms with Crippen LogP contribution in [-0.4, -0.2) is 33.2 Å². The quantitative estimate of drug-likeness (QED) is 0.0692. The normalized spacial score (nSPS) is 29.2. The number of benzene rings is 6. The van der Waals surface area contributed by atoms with Crippen molar-refractivity contribution < 1.29 is 44.3 Å². The van der Waals surface area contributed by atoms with Gasteiger partial charge in [0.05, 0.1) is 18.4 Å². The maximum absolute atomic E-state index is 14.5. The summed E-state index contributed by atoms with van der Waals surface area (Å²) in [6, 6.07) is 12.0. The molecule has 11 heteroatoms. The van der Waals surface area contributed by atoms with Crippen molar-refractivity contribution in [2.24, 2.45) is 17.8 Å². The van der Waals surface area contributed by atoms with Crippen LogP contribution >= 0.6 is 0 Å². The summed E-state index contributed by atoms with van der Waals surface area (Å²) in [5.41, 5.74) is 1.72. The maximum atomic E-state index is 14.5. The number of alkyl halides is 6. The minimum Gasteiger partial charge on any atom is -0.469 e. The largest absolute Gasteiger partial charge is 0.501 e. The predicted octanol–water partition coefficient (Wildman–Crippen LogP) is 12.6. The highest BCUT2D eigenvalue weighted by Gasteiger charge is 2.71. The van der Waals surface area contributed by atoms with Gasteiger partial charge >= 0.3 is 17.7 Å². The maximum Gasteiger partial charge on any atom is 0.501 e. The van der Waals surface area contributed by atoms with Crippen LogP contribution in [0.3, 0.4) is 0 Å². The molecule has 0 bridgehead atoms. The molecule has 10 aromatic rings. The lowest BCUT2D eigenvalue weighted by atomic mass is 9.65. The highest BCUT2D eigenvalue weighted by Crippen LogP contribution is 2.82. The van der Waals surface area contributed by atoms with Crippen LogP contribution in [0.15, 0.2) is 65.6 Å². The van der Waals surface area contributed by atoms with Crippen LogP contribution in [0.25, 0.3) is 97.8 Å². The SMILES string of the molecule is COC(=O)CCCC1(c2cc(CC(F)(F)F)cc(S(=O)(=O)C(F)(F)F)c2)C2c3c4c5c6c3c3c(c7ccc8c9ccc%10c%11c%12c%13c(c6c6c%13c(c%119)c8c7c36)=C3C5C(C=C4)C4C=CC%10C%12C34)C21. The van der Waals surface area contributed by atoms with Gasteiger partial charge in [-0.2, -0.15) is 26.3 Å². The first-order chi connectivity index (χ1) is 31.7. The number of esters is 1. The van der Waals surface area contributed by atoms with Crippen molar-refractivity contribution in [2.75, 3.05) is 7.11 Å². The Kier molecular flexibility index (Phi) is 5.27. The number of ether oxygens (including phenoxy) is 1. The molecule has 4 nitrogen and oxygen atoms in total. The molecular formula is C55H30F6O4S. The number of fused-ring (bicyclic) bond motifs is 8. The highest BCUT2D eigenvalue weighted by molar-refractivity contribution is 7.92. The average Bonchev–Trinajstić information content (AvgIpc) is 3.89. The van der Waals surface area contributed by atoms with Gasteiger partial charge in [0, 0.05) is 41.4 Å². The van der Waals surface area contributed by atoms with E-state index >= 15 is 0 Å². The van der Waals surface area contributed by atoms with Crippen LogP contribution in [0.2, 0.25) is 0 Å². The van der Waals surface area contributed by atoms with E-state index in [9.17, 15) is 39.6 Å². The van der Waals surface area contributed by atoms with E-state index in [1.165, 1.54) is 105 Å². The van der Waals surface area contributed by atoms with Crippen LogP contribution in [0.4, 0.5) is 26.3 Å². The third-order valence-corrected chi connectivity index (χ3v) is 20.6. The van der Waals surface area contributed by atoms with Crippen LogP contribution in [0.5, 0.6) is 0 Å². The molecule has 10 aromatic carbocycles. The van der Waals surface area contributed by atoms with Gasteiger partial charge in [-0.3, -0.25) is 4.79 Å². The first kappa shape index (κ1) is 35.3. The number of hydrogen-bond acceptors (Lipinski definition) is 4. The molecule has 9 atom stereocenters. The highest BCUT2D eigenvalue weighted by atomic mass is 32.2. The Bertz CT molecular complexity index is 4350. The van der Waals surface area contributed by atoms with Gasteiger partial charge in [0.25, 0.3) is 9.84 Å². The topological polar surface area (TPSA) is 60.4 Å². The molecular weight excluding hydrogens is 871 g/mol. The van der Waals surface area contributed by atoms with E-state index in [1.54, 1.807) is 5.57 Å². The number of methoxy groups -OCH3 is 1. The van der Waals surface area contributed by atoms with E-state index in [1.807, 2.05) is 0 Å². The van der Waals surface area contributed by atoms with Crippen molar-refractivity contribution in [3.8, 4) is 0 Å². The third kappa shape index (κ3) is 3.20. The standard InChI is InChI=1S/C55H30F6O4S/c1-65-28(62)3-2-12-53(18-13-17(16-54(56,57)58)14-19(15-18)66(63,64)55(59,60)61)51-37-26-10-8-24-22-6-4-20-21-5-7-23-25-9-11-27-36-34(25)41-32(23)30(21)39-29(20)31(22)40-33(24)35(26)42-44(37)45(38(27)52(51)53)43(36)50-48(41)46(39)47(40)49(42)50/h4-11,13-15,20,22,24,29,31,33,51-52H,2-3,12,16H2,1H3. The summed E-state index contributed by atoms with van der Waals surface area (Å²) in [5, 5.41) is 21.5.